The van der Waals surface area contributed by atoms with Crippen LogP contribution in [0.1, 0.15) is 12.0 Å². The van der Waals surface area contributed by atoms with E-state index >= 15 is 0 Å². The highest BCUT2D eigenvalue weighted by Crippen LogP contribution is 2.24. The van der Waals surface area contributed by atoms with Crippen LogP contribution in [0.25, 0.3) is 0 Å². The van der Waals surface area contributed by atoms with Crippen molar-refractivity contribution in [2.75, 3.05) is 50.1 Å². The fraction of sp³-hybridized carbons (Fsp3) is 0.381. The Labute approximate surface area is 159 Å². The van der Waals surface area contributed by atoms with E-state index in [2.05, 4.69) is 35.2 Å². The first-order valence-electron chi connectivity index (χ1n) is 9.24. The Morgan fingerprint density at radius 1 is 1.15 bits per heavy atom. The summed E-state index contributed by atoms with van der Waals surface area (Å²) in [4.78, 5) is 16.8. The average Bonchev–Trinajstić information content (AvgIpc) is 2.64. The molecule has 1 saturated heterocycles. The van der Waals surface area contributed by atoms with E-state index in [0.717, 1.165) is 37.4 Å². The lowest BCUT2D eigenvalue weighted by atomic mass is 10.1. The van der Waals surface area contributed by atoms with Gasteiger partial charge in [-0.2, -0.15) is 0 Å². The van der Waals surface area contributed by atoms with Crippen LogP contribution < -0.4 is 15.0 Å². The van der Waals surface area contributed by atoms with Crippen LogP contribution in [-0.2, 0) is 4.79 Å². The minimum Gasteiger partial charge on any atom is -0.490 e. The molecular weight excluding hydrogens is 345 g/mol. The number of halogens is 1. The van der Waals surface area contributed by atoms with Crippen molar-refractivity contribution < 1.29 is 13.9 Å². The highest BCUT2D eigenvalue weighted by atomic mass is 19.1. The molecule has 3 rings (SSSR count). The summed E-state index contributed by atoms with van der Waals surface area (Å²) in [5, 5.41) is 2.88. The van der Waals surface area contributed by atoms with Gasteiger partial charge in [0.1, 0.15) is 0 Å². The van der Waals surface area contributed by atoms with Gasteiger partial charge in [0.15, 0.2) is 11.6 Å². The summed E-state index contributed by atoms with van der Waals surface area (Å²) >= 11 is 0. The minimum absolute atomic E-state index is 0.130. The van der Waals surface area contributed by atoms with Gasteiger partial charge in [-0.25, -0.2) is 4.39 Å². The van der Waals surface area contributed by atoms with Gasteiger partial charge in [0.05, 0.1) is 13.0 Å². The molecular formula is C21H26FN3O2. The molecule has 0 unspecified atom stereocenters. The van der Waals surface area contributed by atoms with Crippen LogP contribution in [0.15, 0.2) is 42.5 Å². The number of carbonyl (C=O) groups is 1. The second-order valence-corrected chi connectivity index (χ2v) is 6.87. The largest absolute Gasteiger partial charge is 0.490 e. The summed E-state index contributed by atoms with van der Waals surface area (Å²) < 4.78 is 18.8. The first-order chi connectivity index (χ1) is 13.0. The fourth-order valence-corrected chi connectivity index (χ4v) is 3.17. The van der Waals surface area contributed by atoms with Crippen molar-refractivity contribution >= 4 is 17.3 Å². The number of piperazine rings is 1. The van der Waals surface area contributed by atoms with E-state index in [1.807, 2.05) is 12.1 Å². The summed E-state index contributed by atoms with van der Waals surface area (Å²) in [7, 11) is 2.14. The van der Waals surface area contributed by atoms with Gasteiger partial charge >= 0.3 is 0 Å². The second kappa shape index (κ2) is 8.86. The Bertz CT molecular complexity index is 789. The van der Waals surface area contributed by atoms with Gasteiger partial charge in [0.2, 0.25) is 5.91 Å². The van der Waals surface area contributed by atoms with E-state index in [1.54, 1.807) is 18.2 Å². The monoisotopic (exact) mass is 371 g/mol. The molecule has 0 radical (unpaired) electrons. The molecule has 144 valence electrons. The molecule has 0 saturated carbocycles. The zero-order valence-corrected chi connectivity index (χ0v) is 15.9. The maximum atomic E-state index is 13.5. The molecule has 1 amide bonds. The van der Waals surface area contributed by atoms with E-state index in [-0.39, 0.29) is 24.7 Å². The van der Waals surface area contributed by atoms with Crippen molar-refractivity contribution in [2.24, 2.45) is 0 Å². The van der Waals surface area contributed by atoms with Crippen LogP contribution in [0.3, 0.4) is 0 Å². The van der Waals surface area contributed by atoms with Gasteiger partial charge in [0, 0.05) is 37.6 Å². The lowest BCUT2D eigenvalue weighted by Crippen LogP contribution is -2.44. The molecule has 2 aromatic rings. The Balaban J connectivity index is 1.50. The number of benzene rings is 2. The molecule has 6 heteroatoms. The van der Waals surface area contributed by atoms with Crippen LogP contribution in [0, 0.1) is 12.7 Å². The fourth-order valence-electron chi connectivity index (χ4n) is 3.17. The smallest absolute Gasteiger partial charge is 0.227 e. The quantitative estimate of drug-likeness (QED) is 0.846. The molecule has 1 aliphatic rings. The van der Waals surface area contributed by atoms with E-state index < -0.39 is 5.82 Å². The Hall–Kier alpha value is -2.60. The van der Waals surface area contributed by atoms with E-state index in [4.69, 9.17) is 4.74 Å². The van der Waals surface area contributed by atoms with E-state index in [1.165, 1.54) is 11.8 Å². The third kappa shape index (κ3) is 5.20. The Morgan fingerprint density at radius 3 is 2.59 bits per heavy atom. The van der Waals surface area contributed by atoms with E-state index in [9.17, 15) is 9.18 Å². The lowest BCUT2D eigenvalue weighted by Gasteiger charge is -2.35. The number of carbonyl (C=O) groups excluding carboxylic acids is 1. The molecule has 0 spiro atoms. The van der Waals surface area contributed by atoms with Crippen molar-refractivity contribution in [1.82, 2.24) is 4.90 Å². The molecule has 27 heavy (non-hydrogen) atoms. The predicted octanol–water partition coefficient (Wildman–Crippen LogP) is 3.29. The standard InChI is InChI=1S/C21H26FN3O2/c1-16-15-17(7-8-19(16)25-12-10-24(2)11-13-25)23-21(26)9-14-27-20-6-4-3-5-18(20)22/h3-8,15H,9-14H2,1-2H3,(H,23,26). The highest BCUT2D eigenvalue weighted by molar-refractivity contribution is 5.91. The van der Waals surface area contributed by atoms with Crippen molar-refractivity contribution in [3.05, 3.63) is 53.8 Å². The van der Waals surface area contributed by atoms with E-state index in [0.29, 0.717) is 0 Å². The van der Waals surface area contributed by atoms with Crippen molar-refractivity contribution in [3.8, 4) is 5.75 Å². The highest BCUT2D eigenvalue weighted by Gasteiger charge is 2.16. The first-order valence-corrected chi connectivity index (χ1v) is 9.24. The molecule has 1 fully saturated rings. The molecule has 0 aromatic heterocycles. The molecule has 2 aromatic carbocycles. The zero-order chi connectivity index (χ0) is 19.2. The number of rotatable bonds is 6. The number of amides is 1. The topological polar surface area (TPSA) is 44.8 Å². The number of nitrogens with zero attached hydrogens (tertiary/aromatic N) is 2. The lowest BCUT2D eigenvalue weighted by molar-refractivity contribution is -0.116. The summed E-state index contributed by atoms with van der Waals surface area (Å²) in [6, 6.07) is 12.2. The summed E-state index contributed by atoms with van der Waals surface area (Å²) in [6.07, 6.45) is 0.160. The number of anilines is 2. The summed E-state index contributed by atoms with van der Waals surface area (Å²) in [5.74, 6) is -0.413. The molecule has 1 N–H and O–H groups in total. The third-order valence-corrected chi connectivity index (χ3v) is 4.75. The predicted molar refractivity (Wildman–Crippen MR) is 106 cm³/mol. The van der Waals surface area contributed by atoms with Gasteiger partial charge < -0.3 is 19.9 Å². The van der Waals surface area contributed by atoms with Crippen LogP contribution in [0.5, 0.6) is 5.75 Å². The molecule has 5 nitrogen and oxygen atoms in total. The first kappa shape index (κ1) is 19.2. The number of hydrogen-bond donors (Lipinski definition) is 1. The number of hydrogen-bond acceptors (Lipinski definition) is 4. The number of aryl methyl sites for hydroxylation is 1. The zero-order valence-electron chi connectivity index (χ0n) is 15.9. The van der Waals surface area contributed by atoms with Gasteiger partial charge in [0.25, 0.3) is 0 Å². The third-order valence-electron chi connectivity index (χ3n) is 4.75. The number of likely N-dealkylation sites (N-methyl/N-ethyl adjacent to an activating group) is 1. The van der Waals surface area contributed by atoms with Gasteiger partial charge in [-0.3, -0.25) is 4.79 Å². The summed E-state index contributed by atoms with van der Waals surface area (Å²) in [5.41, 5.74) is 3.12. The SMILES string of the molecule is Cc1cc(NC(=O)CCOc2ccccc2F)ccc1N1CCN(C)CC1. The van der Waals surface area contributed by atoms with Crippen LogP contribution in [0.2, 0.25) is 0 Å². The molecule has 0 bridgehead atoms. The molecule has 0 aliphatic carbocycles. The number of nitrogens with one attached hydrogen (secondary N) is 1. The van der Waals surface area contributed by atoms with Gasteiger partial charge in [-0.15, -0.1) is 0 Å². The van der Waals surface area contributed by atoms with Crippen molar-refractivity contribution in [2.45, 2.75) is 13.3 Å². The van der Waals surface area contributed by atoms with Gasteiger partial charge in [-0.1, -0.05) is 12.1 Å². The number of ether oxygens (including phenoxy) is 1. The summed E-state index contributed by atoms with van der Waals surface area (Å²) in [6.45, 7) is 6.32. The molecule has 1 aliphatic heterocycles. The molecule has 0 atom stereocenters. The van der Waals surface area contributed by atoms with Crippen LogP contribution in [0.4, 0.5) is 15.8 Å². The minimum atomic E-state index is -0.423. The Morgan fingerprint density at radius 2 is 1.89 bits per heavy atom. The maximum absolute atomic E-state index is 13.5. The van der Waals surface area contributed by atoms with Crippen molar-refractivity contribution in [3.63, 3.8) is 0 Å². The molecule has 1 heterocycles. The van der Waals surface area contributed by atoms with Gasteiger partial charge in [-0.05, 0) is 49.9 Å². The maximum Gasteiger partial charge on any atom is 0.227 e. The second-order valence-electron chi connectivity index (χ2n) is 6.87. The Kier molecular flexibility index (Phi) is 6.29. The normalized spacial score (nSPS) is 14.9. The van der Waals surface area contributed by atoms with Crippen molar-refractivity contribution in [1.29, 1.82) is 0 Å². The average molecular weight is 371 g/mol. The van der Waals surface area contributed by atoms with Crippen LogP contribution >= 0.6 is 0 Å². The number of para-hydroxylation sites is 1. The van der Waals surface area contributed by atoms with Crippen LogP contribution in [-0.4, -0.2) is 50.6 Å².